The Labute approximate surface area is 94.7 Å². The lowest BCUT2D eigenvalue weighted by molar-refractivity contribution is 0.0682. The summed E-state index contributed by atoms with van der Waals surface area (Å²) in [7, 11) is 3.93. The minimum Gasteiger partial charge on any atom is -0.477 e. The van der Waals surface area contributed by atoms with Crippen molar-refractivity contribution in [2.75, 3.05) is 20.6 Å². The zero-order valence-corrected chi connectivity index (χ0v) is 9.68. The van der Waals surface area contributed by atoms with E-state index in [2.05, 4.69) is 5.10 Å². The number of hydrogen-bond acceptors (Lipinski definition) is 3. The molecule has 0 saturated heterocycles. The van der Waals surface area contributed by atoms with Crippen molar-refractivity contribution in [1.29, 1.82) is 0 Å². The van der Waals surface area contributed by atoms with Crippen LogP contribution in [0.25, 0.3) is 0 Å². The van der Waals surface area contributed by atoms with Crippen molar-refractivity contribution in [2.24, 2.45) is 0 Å². The predicted octanol–water partition coefficient (Wildman–Crippen LogP) is 1.02. The van der Waals surface area contributed by atoms with Gasteiger partial charge in [0.25, 0.3) is 0 Å². The van der Waals surface area contributed by atoms with E-state index in [0.717, 1.165) is 25.1 Å². The summed E-state index contributed by atoms with van der Waals surface area (Å²) in [4.78, 5) is 13.1. The largest absolute Gasteiger partial charge is 0.477 e. The molecule has 2 rings (SSSR count). The average Bonchev–Trinajstić information content (AvgIpc) is 2.95. The molecule has 0 radical (unpaired) electrons. The lowest BCUT2D eigenvalue weighted by Crippen LogP contribution is -2.21. The van der Waals surface area contributed by atoms with Gasteiger partial charge in [-0.15, -0.1) is 0 Å². The first-order valence-electron chi connectivity index (χ1n) is 5.53. The Kier molecular flexibility index (Phi) is 2.96. The van der Waals surface area contributed by atoms with Gasteiger partial charge in [0.2, 0.25) is 0 Å². The van der Waals surface area contributed by atoms with E-state index >= 15 is 0 Å². The lowest BCUT2D eigenvalue weighted by atomic mass is 10.3. The Balaban J connectivity index is 2.16. The van der Waals surface area contributed by atoms with Crippen molar-refractivity contribution < 1.29 is 9.90 Å². The highest BCUT2D eigenvalue weighted by Gasteiger charge is 2.28. The Morgan fingerprint density at radius 2 is 2.31 bits per heavy atom. The highest BCUT2D eigenvalue weighted by molar-refractivity contribution is 5.85. The summed E-state index contributed by atoms with van der Waals surface area (Å²) >= 11 is 0. The van der Waals surface area contributed by atoms with Crippen LogP contribution in [0.1, 0.15) is 34.9 Å². The van der Waals surface area contributed by atoms with Crippen molar-refractivity contribution in [3.63, 3.8) is 0 Å². The quantitative estimate of drug-likeness (QED) is 0.809. The smallest absolute Gasteiger partial charge is 0.354 e. The molecule has 0 bridgehead atoms. The molecule has 0 aliphatic heterocycles. The molecule has 1 aliphatic carbocycles. The molecular weight excluding hydrogens is 206 g/mol. The van der Waals surface area contributed by atoms with Gasteiger partial charge in [-0.1, -0.05) is 0 Å². The van der Waals surface area contributed by atoms with E-state index in [1.165, 1.54) is 0 Å². The van der Waals surface area contributed by atoms with Crippen LogP contribution in [-0.2, 0) is 6.54 Å². The molecule has 1 aliphatic rings. The summed E-state index contributed by atoms with van der Waals surface area (Å²) in [5, 5.41) is 13.4. The van der Waals surface area contributed by atoms with Gasteiger partial charge in [0.15, 0.2) is 0 Å². The molecule has 0 aromatic carbocycles. The minimum absolute atomic E-state index is 0.309. The minimum atomic E-state index is -0.891. The van der Waals surface area contributed by atoms with Crippen molar-refractivity contribution >= 4 is 5.97 Å². The Bertz CT molecular complexity index is 394. The third kappa shape index (κ3) is 2.41. The number of hydrogen-bond donors (Lipinski definition) is 1. The standard InChI is InChI=1S/C11H17N3O2/c1-13(2)5-6-14-10(11(15)16)7-9(12-14)8-3-4-8/h7-8H,3-6H2,1-2H3,(H,15,16). The van der Waals surface area contributed by atoms with Gasteiger partial charge in [0.05, 0.1) is 12.2 Å². The van der Waals surface area contributed by atoms with Crippen LogP contribution in [0.15, 0.2) is 6.07 Å². The van der Waals surface area contributed by atoms with Crippen molar-refractivity contribution in [1.82, 2.24) is 14.7 Å². The van der Waals surface area contributed by atoms with E-state index in [9.17, 15) is 4.79 Å². The molecule has 88 valence electrons. The number of nitrogens with zero attached hydrogens (tertiary/aromatic N) is 3. The first kappa shape index (κ1) is 11.1. The summed E-state index contributed by atoms with van der Waals surface area (Å²) in [5.74, 6) is -0.392. The SMILES string of the molecule is CN(C)CCn1nc(C2CC2)cc1C(=O)O. The Morgan fingerprint density at radius 1 is 1.62 bits per heavy atom. The fourth-order valence-corrected chi connectivity index (χ4v) is 1.65. The second-order valence-electron chi connectivity index (χ2n) is 4.56. The van der Waals surface area contributed by atoms with Gasteiger partial charge < -0.3 is 10.0 Å². The van der Waals surface area contributed by atoms with Gasteiger partial charge in [0.1, 0.15) is 5.69 Å². The number of carboxylic acids is 1. The number of carbonyl (C=O) groups is 1. The average molecular weight is 223 g/mol. The molecule has 0 atom stereocenters. The number of carboxylic acid groups (broad SMARTS) is 1. The second-order valence-corrected chi connectivity index (χ2v) is 4.56. The van der Waals surface area contributed by atoms with E-state index < -0.39 is 5.97 Å². The highest BCUT2D eigenvalue weighted by atomic mass is 16.4. The van der Waals surface area contributed by atoms with E-state index in [-0.39, 0.29) is 0 Å². The molecule has 0 unspecified atom stereocenters. The van der Waals surface area contributed by atoms with Crippen LogP contribution in [0.2, 0.25) is 0 Å². The number of likely N-dealkylation sites (N-methyl/N-ethyl adjacent to an activating group) is 1. The van der Waals surface area contributed by atoms with Crippen LogP contribution in [0.4, 0.5) is 0 Å². The monoisotopic (exact) mass is 223 g/mol. The van der Waals surface area contributed by atoms with Crippen LogP contribution in [-0.4, -0.2) is 46.4 Å². The second kappa shape index (κ2) is 4.25. The summed E-state index contributed by atoms with van der Waals surface area (Å²) in [6.07, 6.45) is 2.29. The van der Waals surface area contributed by atoms with Crippen molar-refractivity contribution in [3.8, 4) is 0 Å². The van der Waals surface area contributed by atoms with Crippen molar-refractivity contribution in [3.05, 3.63) is 17.5 Å². The van der Waals surface area contributed by atoms with Crippen LogP contribution in [0, 0.1) is 0 Å². The fraction of sp³-hybridized carbons (Fsp3) is 0.636. The Morgan fingerprint density at radius 3 is 2.81 bits per heavy atom. The van der Waals surface area contributed by atoms with Gasteiger partial charge in [-0.25, -0.2) is 4.79 Å². The maximum absolute atomic E-state index is 11.0. The fourth-order valence-electron chi connectivity index (χ4n) is 1.65. The van der Waals surface area contributed by atoms with E-state index in [1.54, 1.807) is 10.7 Å². The molecule has 1 saturated carbocycles. The summed E-state index contributed by atoms with van der Waals surface area (Å²) in [5.41, 5.74) is 1.25. The summed E-state index contributed by atoms with van der Waals surface area (Å²) in [6.45, 7) is 1.42. The molecule has 1 aromatic rings. The van der Waals surface area contributed by atoms with Crippen LogP contribution < -0.4 is 0 Å². The molecule has 16 heavy (non-hydrogen) atoms. The van der Waals surface area contributed by atoms with Gasteiger partial charge in [0, 0.05) is 12.5 Å². The number of aromatic nitrogens is 2. The van der Waals surface area contributed by atoms with E-state index in [1.807, 2.05) is 19.0 Å². The maximum atomic E-state index is 11.0. The molecule has 5 nitrogen and oxygen atoms in total. The van der Waals surface area contributed by atoms with E-state index in [0.29, 0.717) is 18.2 Å². The molecule has 1 fully saturated rings. The van der Waals surface area contributed by atoms with Crippen LogP contribution in [0.5, 0.6) is 0 Å². The summed E-state index contributed by atoms with van der Waals surface area (Å²) in [6, 6.07) is 1.72. The van der Waals surface area contributed by atoms with Gasteiger partial charge >= 0.3 is 5.97 Å². The predicted molar refractivity (Wildman–Crippen MR) is 59.7 cm³/mol. The van der Waals surface area contributed by atoms with Gasteiger partial charge in [-0.3, -0.25) is 4.68 Å². The molecule has 0 amide bonds. The third-order valence-electron chi connectivity index (χ3n) is 2.77. The zero-order valence-electron chi connectivity index (χ0n) is 9.68. The maximum Gasteiger partial charge on any atom is 0.354 e. The molecule has 5 heteroatoms. The lowest BCUT2D eigenvalue weighted by Gasteiger charge is -2.10. The first-order chi connectivity index (χ1) is 7.58. The topological polar surface area (TPSA) is 58.4 Å². The third-order valence-corrected chi connectivity index (χ3v) is 2.77. The highest BCUT2D eigenvalue weighted by Crippen LogP contribution is 2.39. The van der Waals surface area contributed by atoms with Crippen molar-refractivity contribution in [2.45, 2.75) is 25.3 Å². The van der Waals surface area contributed by atoms with Gasteiger partial charge in [-0.05, 0) is 33.0 Å². The molecule has 1 heterocycles. The molecular formula is C11H17N3O2. The number of rotatable bonds is 5. The van der Waals surface area contributed by atoms with E-state index in [4.69, 9.17) is 5.11 Å². The first-order valence-corrected chi connectivity index (χ1v) is 5.53. The summed E-state index contributed by atoms with van der Waals surface area (Å²) < 4.78 is 1.61. The molecule has 1 aromatic heterocycles. The van der Waals surface area contributed by atoms with Crippen LogP contribution >= 0.6 is 0 Å². The Hall–Kier alpha value is -1.36. The molecule has 0 spiro atoms. The zero-order chi connectivity index (χ0) is 11.7. The normalized spacial score (nSPS) is 15.7. The van der Waals surface area contributed by atoms with Crippen LogP contribution in [0.3, 0.4) is 0 Å². The number of aromatic carboxylic acids is 1. The van der Waals surface area contributed by atoms with Gasteiger partial charge in [-0.2, -0.15) is 5.10 Å². The molecule has 1 N–H and O–H groups in total.